The average Bonchev–Trinajstić information content (AvgIpc) is 2.71. The maximum absolute atomic E-state index is 13.6. The molecule has 5 heteroatoms. The maximum Gasteiger partial charge on any atom is 0.264 e. The van der Waals surface area contributed by atoms with Gasteiger partial charge in [0.15, 0.2) is 0 Å². The van der Waals surface area contributed by atoms with Gasteiger partial charge in [0.2, 0.25) is 0 Å². The highest BCUT2D eigenvalue weighted by molar-refractivity contribution is 7.92. The fourth-order valence-electron chi connectivity index (χ4n) is 3.80. The number of hydrogen-bond donors (Lipinski definition) is 1. The van der Waals surface area contributed by atoms with E-state index < -0.39 is 10.0 Å². The van der Waals surface area contributed by atoms with E-state index in [1.54, 1.807) is 28.6 Å². The number of hydrogen-bond acceptors (Lipinski definition) is 3. The molecule has 3 rings (SSSR count). The van der Waals surface area contributed by atoms with Gasteiger partial charge in [-0.1, -0.05) is 44.7 Å². The standard InChI is InChI=1S/C22H27NO3S/c1-4-16-7-12-22-18(13-16)8-10-20(6-3)23(22)27(25,26)21-11-9-17(5-2)19(14-21)15-24/h5,7,9,11-14,20,24H,2,4,6,8,10,15H2,1,3H3. The minimum atomic E-state index is -3.73. The molecule has 4 nitrogen and oxygen atoms in total. The Morgan fingerprint density at radius 2 is 2.00 bits per heavy atom. The molecule has 0 aliphatic carbocycles. The Morgan fingerprint density at radius 3 is 2.63 bits per heavy atom. The first-order valence-electron chi connectivity index (χ1n) is 9.48. The largest absolute Gasteiger partial charge is 0.392 e. The molecule has 2 aromatic rings. The number of aryl methyl sites for hydroxylation is 2. The normalized spacial score (nSPS) is 16.9. The van der Waals surface area contributed by atoms with E-state index in [9.17, 15) is 13.5 Å². The minimum Gasteiger partial charge on any atom is -0.392 e. The van der Waals surface area contributed by atoms with Gasteiger partial charge in [-0.3, -0.25) is 4.31 Å². The van der Waals surface area contributed by atoms with Gasteiger partial charge in [-0.05, 0) is 66.1 Å². The van der Waals surface area contributed by atoms with Crippen LogP contribution in [0.25, 0.3) is 6.08 Å². The first-order valence-corrected chi connectivity index (χ1v) is 10.9. The Kier molecular flexibility index (Phi) is 5.72. The summed E-state index contributed by atoms with van der Waals surface area (Å²) >= 11 is 0. The van der Waals surface area contributed by atoms with Crippen LogP contribution < -0.4 is 4.31 Å². The van der Waals surface area contributed by atoms with Gasteiger partial charge in [0.1, 0.15) is 0 Å². The Balaban J connectivity index is 2.14. The van der Waals surface area contributed by atoms with Gasteiger partial charge in [-0.2, -0.15) is 0 Å². The zero-order valence-electron chi connectivity index (χ0n) is 16.0. The van der Waals surface area contributed by atoms with E-state index in [-0.39, 0.29) is 17.5 Å². The smallest absolute Gasteiger partial charge is 0.264 e. The first kappa shape index (κ1) is 19.6. The van der Waals surface area contributed by atoms with Crippen LogP contribution in [0.15, 0.2) is 47.9 Å². The van der Waals surface area contributed by atoms with Gasteiger partial charge in [0, 0.05) is 6.04 Å². The molecule has 27 heavy (non-hydrogen) atoms. The molecule has 1 heterocycles. The third kappa shape index (κ3) is 3.54. The van der Waals surface area contributed by atoms with Crippen molar-refractivity contribution in [2.45, 2.75) is 57.1 Å². The van der Waals surface area contributed by atoms with Crippen LogP contribution in [-0.2, 0) is 29.5 Å². The van der Waals surface area contributed by atoms with Crippen molar-refractivity contribution in [1.82, 2.24) is 0 Å². The topological polar surface area (TPSA) is 57.6 Å². The van der Waals surface area contributed by atoms with E-state index >= 15 is 0 Å². The lowest BCUT2D eigenvalue weighted by Crippen LogP contribution is -2.43. The van der Waals surface area contributed by atoms with Gasteiger partial charge in [-0.15, -0.1) is 0 Å². The summed E-state index contributed by atoms with van der Waals surface area (Å²) < 4.78 is 28.7. The number of fused-ring (bicyclic) bond motifs is 1. The third-order valence-corrected chi connectivity index (χ3v) is 7.26. The van der Waals surface area contributed by atoms with Crippen LogP contribution in [0, 0.1) is 0 Å². The number of anilines is 1. The zero-order valence-corrected chi connectivity index (χ0v) is 16.8. The highest BCUT2D eigenvalue weighted by Crippen LogP contribution is 2.37. The summed E-state index contributed by atoms with van der Waals surface area (Å²) in [4.78, 5) is 0.211. The number of aliphatic hydroxyl groups excluding tert-OH is 1. The van der Waals surface area contributed by atoms with Crippen molar-refractivity contribution in [3.63, 3.8) is 0 Å². The lowest BCUT2D eigenvalue weighted by atomic mass is 9.94. The molecule has 1 unspecified atom stereocenters. The van der Waals surface area contributed by atoms with E-state index in [1.807, 2.05) is 19.1 Å². The molecule has 1 atom stereocenters. The van der Waals surface area contributed by atoms with Gasteiger partial charge in [-0.25, -0.2) is 8.42 Å². The molecule has 0 bridgehead atoms. The average molecular weight is 386 g/mol. The predicted molar refractivity (Wildman–Crippen MR) is 110 cm³/mol. The third-order valence-electron chi connectivity index (χ3n) is 5.40. The van der Waals surface area contributed by atoms with E-state index in [4.69, 9.17) is 0 Å². The van der Waals surface area contributed by atoms with E-state index in [1.165, 1.54) is 5.56 Å². The second-order valence-corrected chi connectivity index (χ2v) is 8.76. The number of nitrogens with zero attached hydrogens (tertiary/aromatic N) is 1. The molecule has 1 aliphatic heterocycles. The minimum absolute atomic E-state index is 0.0633. The summed E-state index contributed by atoms with van der Waals surface area (Å²) in [5.41, 5.74) is 4.41. The Morgan fingerprint density at radius 1 is 1.22 bits per heavy atom. The SMILES string of the molecule is C=Cc1ccc(S(=O)(=O)N2c3ccc(CC)cc3CCC2CC)cc1CO. The molecule has 0 fully saturated rings. The lowest BCUT2D eigenvalue weighted by Gasteiger charge is -2.37. The molecule has 2 aromatic carbocycles. The molecule has 0 saturated heterocycles. The summed E-state index contributed by atoms with van der Waals surface area (Å²) in [6.07, 6.45) is 5.02. The lowest BCUT2D eigenvalue weighted by molar-refractivity contribution is 0.281. The molecule has 0 saturated carbocycles. The second kappa shape index (κ2) is 7.87. The van der Waals surface area contributed by atoms with Crippen molar-refractivity contribution in [2.24, 2.45) is 0 Å². The Bertz CT molecular complexity index is 950. The summed E-state index contributed by atoms with van der Waals surface area (Å²) in [6, 6.07) is 10.9. The zero-order chi connectivity index (χ0) is 19.6. The quantitative estimate of drug-likeness (QED) is 0.806. The van der Waals surface area contributed by atoms with Crippen molar-refractivity contribution >= 4 is 21.8 Å². The van der Waals surface area contributed by atoms with Crippen LogP contribution >= 0.6 is 0 Å². The van der Waals surface area contributed by atoms with Crippen molar-refractivity contribution in [2.75, 3.05) is 4.31 Å². The summed E-state index contributed by atoms with van der Waals surface area (Å²) in [5, 5.41) is 9.61. The second-order valence-electron chi connectivity index (χ2n) is 6.94. The van der Waals surface area contributed by atoms with E-state index in [0.717, 1.165) is 42.5 Å². The molecule has 1 N–H and O–H groups in total. The van der Waals surface area contributed by atoms with Crippen LogP contribution in [0.2, 0.25) is 0 Å². The molecular weight excluding hydrogens is 358 g/mol. The first-order chi connectivity index (χ1) is 13.0. The van der Waals surface area contributed by atoms with Gasteiger partial charge < -0.3 is 5.11 Å². The van der Waals surface area contributed by atoms with E-state index in [2.05, 4.69) is 19.6 Å². The van der Waals surface area contributed by atoms with E-state index in [0.29, 0.717) is 5.56 Å². The van der Waals surface area contributed by atoms with Crippen LogP contribution in [0.4, 0.5) is 5.69 Å². The Labute approximate surface area is 162 Å². The molecule has 1 aliphatic rings. The number of sulfonamides is 1. The molecule has 0 radical (unpaired) electrons. The van der Waals surface area contributed by atoms with Crippen molar-refractivity contribution in [1.29, 1.82) is 0 Å². The van der Waals surface area contributed by atoms with Crippen LogP contribution in [0.3, 0.4) is 0 Å². The highest BCUT2D eigenvalue weighted by atomic mass is 32.2. The van der Waals surface area contributed by atoms with Crippen LogP contribution in [0.1, 0.15) is 48.9 Å². The van der Waals surface area contributed by atoms with Gasteiger partial charge >= 0.3 is 0 Å². The molecule has 0 aromatic heterocycles. The number of rotatable bonds is 6. The Hall–Kier alpha value is -2.11. The monoisotopic (exact) mass is 385 g/mol. The van der Waals surface area contributed by atoms with Crippen molar-refractivity contribution in [3.8, 4) is 0 Å². The van der Waals surface area contributed by atoms with Gasteiger partial charge in [0.25, 0.3) is 10.0 Å². The predicted octanol–water partition coefficient (Wildman–Crippen LogP) is 4.30. The number of aliphatic hydroxyl groups is 1. The van der Waals surface area contributed by atoms with Crippen LogP contribution in [-0.4, -0.2) is 19.6 Å². The highest BCUT2D eigenvalue weighted by Gasteiger charge is 2.35. The molecular formula is C22H27NO3S. The van der Waals surface area contributed by atoms with Crippen molar-refractivity contribution < 1.29 is 13.5 Å². The molecule has 0 spiro atoms. The maximum atomic E-state index is 13.6. The van der Waals surface area contributed by atoms with Gasteiger partial charge in [0.05, 0.1) is 17.2 Å². The summed E-state index contributed by atoms with van der Waals surface area (Å²) in [5.74, 6) is 0. The fourth-order valence-corrected chi connectivity index (χ4v) is 5.64. The molecule has 144 valence electrons. The number of benzene rings is 2. The summed E-state index contributed by atoms with van der Waals surface area (Å²) in [7, 11) is -3.73. The van der Waals surface area contributed by atoms with Crippen LogP contribution in [0.5, 0.6) is 0 Å². The fraction of sp³-hybridized carbons (Fsp3) is 0.364. The molecule has 0 amide bonds. The summed E-state index contributed by atoms with van der Waals surface area (Å²) in [6.45, 7) is 7.63. The van der Waals surface area contributed by atoms with Crippen molar-refractivity contribution in [3.05, 3.63) is 65.2 Å².